The van der Waals surface area contributed by atoms with E-state index in [9.17, 15) is 0 Å². The van der Waals surface area contributed by atoms with Gasteiger partial charge in [-0.3, -0.25) is 0 Å². The van der Waals surface area contributed by atoms with Gasteiger partial charge in [0.05, 0.1) is 26.2 Å². The largest absolute Gasteiger partial charge is 1.00 e. The molecule has 18 heavy (non-hydrogen) atoms. The van der Waals surface area contributed by atoms with Crippen LogP contribution in [0.1, 0.15) is 79.1 Å². The topological polar surface area (TPSA) is 0 Å². The molecule has 1 nitrogen and oxygen atoms in total. The molecule has 0 rings (SSSR count). The van der Waals surface area contributed by atoms with Gasteiger partial charge in [-0.1, -0.05) is 47.0 Å². The number of hydrogen-bond acceptors (Lipinski definition) is 0. The van der Waals surface area contributed by atoms with E-state index in [-0.39, 0.29) is 24.0 Å². The number of hydrogen-bond donors (Lipinski definition) is 0. The van der Waals surface area contributed by atoms with Crippen molar-refractivity contribution in [2.24, 2.45) is 0 Å². The molecule has 0 aromatic carbocycles. The first-order chi connectivity index (χ1) is 8.24. The molecule has 0 amide bonds. The molecule has 0 aliphatic carbocycles. The van der Waals surface area contributed by atoms with Gasteiger partial charge in [0.1, 0.15) is 0 Å². The summed E-state index contributed by atoms with van der Waals surface area (Å²) in [7, 11) is 0. The van der Waals surface area contributed by atoms with E-state index in [0.717, 1.165) is 0 Å². The van der Waals surface area contributed by atoms with Gasteiger partial charge in [0.25, 0.3) is 0 Å². The lowest BCUT2D eigenvalue weighted by molar-refractivity contribution is -0.928. The maximum atomic E-state index is 2.34. The summed E-state index contributed by atoms with van der Waals surface area (Å²) in [6, 6.07) is 0. The summed E-state index contributed by atoms with van der Waals surface area (Å²) in [5.74, 6) is 0. The van der Waals surface area contributed by atoms with E-state index in [2.05, 4.69) is 27.7 Å². The van der Waals surface area contributed by atoms with Gasteiger partial charge in [-0.15, -0.1) is 0 Å². The van der Waals surface area contributed by atoms with E-state index >= 15 is 0 Å². The monoisotopic (exact) mass is 369 g/mol. The zero-order chi connectivity index (χ0) is 13.0. The molecule has 0 aromatic heterocycles. The molecule has 0 aliphatic heterocycles. The van der Waals surface area contributed by atoms with Crippen molar-refractivity contribution < 1.29 is 28.5 Å². The molecule has 0 bridgehead atoms. The molecule has 0 aliphatic rings. The summed E-state index contributed by atoms with van der Waals surface area (Å²) in [4.78, 5) is 0. The SMILES string of the molecule is CCCCCCC[N+](CCC)(CCC)CCC.[I-]. The molecule has 0 unspecified atom stereocenters. The first-order valence-corrected chi connectivity index (χ1v) is 8.09. The predicted molar refractivity (Wildman–Crippen MR) is 79.4 cm³/mol. The summed E-state index contributed by atoms with van der Waals surface area (Å²) in [6.07, 6.45) is 11.2. The molecule has 0 radical (unpaired) electrons. The summed E-state index contributed by atoms with van der Waals surface area (Å²) < 4.78 is 1.40. The Bertz CT molecular complexity index is 142. The quantitative estimate of drug-likeness (QED) is 0.281. The molecule has 0 saturated heterocycles. The van der Waals surface area contributed by atoms with Gasteiger partial charge in [0.15, 0.2) is 0 Å². The second-order valence-electron chi connectivity index (χ2n) is 5.65. The minimum absolute atomic E-state index is 0. The van der Waals surface area contributed by atoms with Crippen molar-refractivity contribution in [2.75, 3.05) is 26.2 Å². The Morgan fingerprint density at radius 2 is 0.944 bits per heavy atom. The molecule has 0 spiro atoms. The summed E-state index contributed by atoms with van der Waals surface area (Å²) in [5.41, 5.74) is 0. The zero-order valence-electron chi connectivity index (χ0n) is 13.3. The standard InChI is InChI=1S/C16H36N.HI/c1-5-9-10-11-12-16-17(13-6-2,14-7-3)15-8-4;/h5-16H2,1-4H3;1H/q+1;/p-1. The van der Waals surface area contributed by atoms with Crippen LogP contribution in [0.5, 0.6) is 0 Å². The Labute approximate surface area is 133 Å². The highest BCUT2D eigenvalue weighted by Gasteiger charge is 2.23. The first kappa shape index (κ1) is 21.0. The molecule has 0 heterocycles. The van der Waals surface area contributed by atoms with Crippen molar-refractivity contribution in [3.05, 3.63) is 0 Å². The van der Waals surface area contributed by atoms with Crippen LogP contribution in [0.3, 0.4) is 0 Å². The van der Waals surface area contributed by atoms with E-state index in [1.54, 1.807) is 0 Å². The Kier molecular flexibility index (Phi) is 16.5. The van der Waals surface area contributed by atoms with Crippen LogP contribution in [0.2, 0.25) is 0 Å². The molecule has 0 fully saturated rings. The molecular formula is C16H36IN. The Morgan fingerprint density at radius 3 is 1.33 bits per heavy atom. The third-order valence-electron chi connectivity index (χ3n) is 3.83. The maximum absolute atomic E-state index is 2.34. The van der Waals surface area contributed by atoms with Crippen LogP contribution in [0.15, 0.2) is 0 Å². The normalized spacial score (nSPS) is 11.3. The van der Waals surface area contributed by atoms with Gasteiger partial charge in [0, 0.05) is 0 Å². The van der Waals surface area contributed by atoms with Crippen LogP contribution in [0.4, 0.5) is 0 Å². The van der Waals surface area contributed by atoms with Crippen molar-refractivity contribution >= 4 is 0 Å². The van der Waals surface area contributed by atoms with Crippen LogP contribution in [-0.4, -0.2) is 30.7 Å². The molecule has 2 heteroatoms. The van der Waals surface area contributed by atoms with Gasteiger partial charge in [0.2, 0.25) is 0 Å². The van der Waals surface area contributed by atoms with E-state index in [1.807, 2.05) is 0 Å². The van der Waals surface area contributed by atoms with E-state index in [4.69, 9.17) is 0 Å². The number of unbranched alkanes of at least 4 members (excludes halogenated alkanes) is 4. The fourth-order valence-electron chi connectivity index (χ4n) is 3.14. The minimum atomic E-state index is 0. The highest BCUT2D eigenvalue weighted by atomic mass is 127. The van der Waals surface area contributed by atoms with Crippen molar-refractivity contribution in [1.82, 2.24) is 0 Å². The van der Waals surface area contributed by atoms with Crippen LogP contribution in [0.25, 0.3) is 0 Å². The van der Waals surface area contributed by atoms with Gasteiger partial charge >= 0.3 is 0 Å². The Morgan fingerprint density at radius 1 is 0.500 bits per heavy atom. The van der Waals surface area contributed by atoms with E-state index in [1.165, 1.54) is 82.0 Å². The van der Waals surface area contributed by atoms with Crippen molar-refractivity contribution in [3.63, 3.8) is 0 Å². The highest BCUT2D eigenvalue weighted by molar-refractivity contribution is 4.48. The van der Waals surface area contributed by atoms with Gasteiger partial charge in [-0.2, -0.15) is 0 Å². The molecule has 0 atom stereocenters. The van der Waals surface area contributed by atoms with Crippen molar-refractivity contribution in [2.45, 2.75) is 79.1 Å². The number of quaternary nitrogens is 1. The van der Waals surface area contributed by atoms with Crippen LogP contribution < -0.4 is 24.0 Å². The molecular weight excluding hydrogens is 333 g/mol. The van der Waals surface area contributed by atoms with Crippen molar-refractivity contribution in [3.8, 4) is 0 Å². The van der Waals surface area contributed by atoms with Gasteiger partial charge in [-0.05, 0) is 32.1 Å². The van der Waals surface area contributed by atoms with Gasteiger partial charge < -0.3 is 28.5 Å². The lowest BCUT2D eigenvalue weighted by Crippen LogP contribution is -3.00. The molecule has 0 saturated carbocycles. The Hall–Kier alpha value is 0.690. The van der Waals surface area contributed by atoms with E-state index in [0.29, 0.717) is 0 Å². The van der Waals surface area contributed by atoms with Crippen LogP contribution >= 0.6 is 0 Å². The lowest BCUT2D eigenvalue weighted by atomic mass is 10.1. The first-order valence-electron chi connectivity index (χ1n) is 8.09. The third-order valence-corrected chi connectivity index (χ3v) is 3.83. The fraction of sp³-hybridized carbons (Fsp3) is 1.00. The van der Waals surface area contributed by atoms with Gasteiger partial charge in [-0.25, -0.2) is 0 Å². The molecule has 0 N–H and O–H groups in total. The van der Waals surface area contributed by atoms with E-state index < -0.39 is 0 Å². The predicted octanol–water partition coefficient (Wildman–Crippen LogP) is 2.01. The molecule has 0 aromatic rings. The summed E-state index contributed by atoms with van der Waals surface area (Å²) in [5, 5.41) is 0. The fourth-order valence-corrected chi connectivity index (χ4v) is 3.14. The Balaban J connectivity index is 0. The summed E-state index contributed by atoms with van der Waals surface area (Å²) in [6.45, 7) is 14.9. The average molecular weight is 369 g/mol. The second kappa shape index (κ2) is 14.1. The second-order valence-corrected chi connectivity index (χ2v) is 5.65. The highest BCUT2D eigenvalue weighted by Crippen LogP contribution is 2.15. The maximum Gasteiger partial charge on any atom is 0.0786 e. The smallest absolute Gasteiger partial charge is 0.0786 e. The molecule has 112 valence electrons. The number of nitrogens with zero attached hydrogens (tertiary/aromatic N) is 1. The number of halogens is 1. The zero-order valence-corrected chi connectivity index (χ0v) is 15.5. The summed E-state index contributed by atoms with van der Waals surface area (Å²) >= 11 is 0. The number of rotatable bonds is 12. The average Bonchev–Trinajstić information content (AvgIpc) is 2.30. The van der Waals surface area contributed by atoms with Crippen molar-refractivity contribution in [1.29, 1.82) is 0 Å². The third kappa shape index (κ3) is 9.60. The van der Waals surface area contributed by atoms with Crippen LogP contribution in [-0.2, 0) is 0 Å². The minimum Gasteiger partial charge on any atom is -1.00 e. The van der Waals surface area contributed by atoms with Crippen LogP contribution in [0, 0.1) is 0 Å². The lowest BCUT2D eigenvalue weighted by Gasteiger charge is -2.38.